The fraction of sp³-hybridized carbons (Fsp3) is 0.316. The molecule has 0 fully saturated rings. The van der Waals surface area contributed by atoms with Crippen molar-refractivity contribution in [2.24, 2.45) is 0 Å². The first-order valence-corrected chi connectivity index (χ1v) is 7.55. The van der Waals surface area contributed by atoms with Crippen LogP contribution in [0.25, 0.3) is 0 Å². The van der Waals surface area contributed by atoms with Crippen LogP contribution < -0.4 is 0 Å². The lowest BCUT2D eigenvalue weighted by Crippen LogP contribution is -2.08. The van der Waals surface area contributed by atoms with Crippen molar-refractivity contribution in [1.82, 2.24) is 0 Å². The summed E-state index contributed by atoms with van der Waals surface area (Å²) in [5, 5.41) is 9.74. The summed E-state index contributed by atoms with van der Waals surface area (Å²) in [4.78, 5) is 11.8. The smallest absolute Gasteiger partial charge is 0.306 e. The van der Waals surface area contributed by atoms with Crippen molar-refractivity contribution in [2.45, 2.75) is 33.1 Å². The van der Waals surface area contributed by atoms with Crippen LogP contribution in [0, 0.1) is 13.8 Å². The molecule has 116 valence electrons. The predicted molar refractivity (Wildman–Crippen MR) is 87.0 cm³/mol. The summed E-state index contributed by atoms with van der Waals surface area (Å²) >= 11 is 0. The summed E-state index contributed by atoms with van der Waals surface area (Å²) in [6, 6.07) is 13.8. The van der Waals surface area contributed by atoms with Crippen molar-refractivity contribution < 1.29 is 14.6 Å². The highest BCUT2D eigenvalue weighted by molar-refractivity contribution is 5.69. The second-order valence-electron chi connectivity index (χ2n) is 5.53. The number of aryl methyl sites for hydroxylation is 3. The van der Waals surface area contributed by atoms with Crippen LogP contribution in [-0.2, 0) is 22.4 Å². The Balaban J connectivity index is 1.76. The lowest BCUT2D eigenvalue weighted by atomic mass is 10.0. The van der Waals surface area contributed by atoms with E-state index in [0.717, 1.165) is 23.1 Å². The molecule has 0 aliphatic heterocycles. The second-order valence-corrected chi connectivity index (χ2v) is 5.53. The SMILES string of the molecule is Cc1cc(CCC(=O)OCCc2ccccc2)cc(C)c1O. The Morgan fingerprint density at radius 2 is 1.64 bits per heavy atom. The molecule has 2 rings (SSSR count). The molecule has 0 bridgehead atoms. The molecule has 0 atom stereocenters. The first-order chi connectivity index (χ1) is 10.6. The maximum absolute atomic E-state index is 11.8. The van der Waals surface area contributed by atoms with Crippen molar-refractivity contribution in [2.75, 3.05) is 6.61 Å². The minimum atomic E-state index is -0.181. The van der Waals surface area contributed by atoms with E-state index in [1.807, 2.05) is 56.3 Å². The molecule has 0 saturated heterocycles. The van der Waals surface area contributed by atoms with Gasteiger partial charge in [-0.15, -0.1) is 0 Å². The molecule has 0 aliphatic rings. The van der Waals surface area contributed by atoms with E-state index < -0.39 is 0 Å². The zero-order valence-corrected chi connectivity index (χ0v) is 13.1. The van der Waals surface area contributed by atoms with Crippen LogP contribution in [0.1, 0.15) is 28.7 Å². The molecule has 0 unspecified atom stereocenters. The third kappa shape index (κ3) is 4.62. The van der Waals surface area contributed by atoms with Gasteiger partial charge < -0.3 is 9.84 Å². The van der Waals surface area contributed by atoms with E-state index in [2.05, 4.69) is 0 Å². The first kappa shape index (κ1) is 16.1. The van der Waals surface area contributed by atoms with Gasteiger partial charge in [-0.2, -0.15) is 0 Å². The van der Waals surface area contributed by atoms with Gasteiger partial charge in [-0.1, -0.05) is 42.5 Å². The highest BCUT2D eigenvalue weighted by Crippen LogP contribution is 2.23. The Bertz CT molecular complexity index is 609. The van der Waals surface area contributed by atoms with Gasteiger partial charge >= 0.3 is 5.97 Å². The minimum absolute atomic E-state index is 0.181. The molecule has 2 aromatic carbocycles. The predicted octanol–water partition coefficient (Wildman–Crippen LogP) is 3.73. The molecular weight excluding hydrogens is 276 g/mol. The van der Waals surface area contributed by atoms with Gasteiger partial charge in [0.25, 0.3) is 0 Å². The van der Waals surface area contributed by atoms with Crippen LogP contribution in [0.5, 0.6) is 5.75 Å². The molecule has 3 heteroatoms. The average Bonchev–Trinajstić information content (AvgIpc) is 2.51. The monoisotopic (exact) mass is 298 g/mol. The third-order valence-electron chi connectivity index (χ3n) is 3.67. The van der Waals surface area contributed by atoms with E-state index in [1.165, 1.54) is 5.56 Å². The number of carbonyl (C=O) groups excluding carboxylic acids is 1. The molecule has 0 spiro atoms. The molecule has 0 aromatic heterocycles. The maximum atomic E-state index is 11.8. The molecule has 2 aromatic rings. The van der Waals surface area contributed by atoms with Crippen molar-refractivity contribution in [3.8, 4) is 5.75 Å². The molecule has 3 nitrogen and oxygen atoms in total. The zero-order chi connectivity index (χ0) is 15.9. The highest BCUT2D eigenvalue weighted by Gasteiger charge is 2.07. The quantitative estimate of drug-likeness (QED) is 0.827. The maximum Gasteiger partial charge on any atom is 0.306 e. The number of phenolic OH excluding ortho intramolecular Hbond substituents is 1. The average molecular weight is 298 g/mol. The number of esters is 1. The molecule has 0 heterocycles. The number of ether oxygens (including phenoxy) is 1. The van der Waals surface area contributed by atoms with Crippen molar-refractivity contribution in [3.05, 3.63) is 64.7 Å². The Hall–Kier alpha value is -2.29. The summed E-state index contributed by atoms with van der Waals surface area (Å²) in [5.41, 5.74) is 3.90. The van der Waals surface area contributed by atoms with Crippen molar-refractivity contribution in [3.63, 3.8) is 0 Å². The van der Waals surface area contributed by atoms with Crippen LogP contribution >= 0.6 is 0 Å². The largest absolute Gasteiger partial charge is 0.507 e. The Morgan fingerprint density at radius 1 is 1.00 bits per heavy atom. The van der Waals surface area contributed by atoms with Crippen LogP contribution in [0.15, 0.2) is 42.5 Å². The lowest BCUT2D eigenvalue weighted by Gasteiger charge is -2.08. The van der Waals surface area contributed by atoms with Gasteiger partial charge in [0.05, 0.1) is 6.61 Å². The van der Waals surface area contributed by atoms with Gasteiger partial charge in [0, 0.05) is 12.8 Å². The van der Waals surface area contributed by atoms with Crippen LogP contribution in [0.3, 0.4) is 0 Å². The number of aromatic hydroxyl groups is 1. The number of phenols is 1. The van der Waals surface area contributed by atoms with Gasteiger partial charge in [-0.05, 0) is 42.5 Å². The topological polar surface area (TPSA) is 46.5 Å². The standard InChI is InChI=1S/C19H22O3/c1-14-12-17(13-15(2)19(14)21)8-9-18(20)22-11-10-16-6-4-3-5-7-16/h3-7,12-13,21H,8-11H2,1-2H3. The molecule has 22 heavy (non-hydrogen) atoms. The summed E-state index contributed by atoms with van der Waals surface area (Å²) < 4.78 is 5.26. The van der Waals surface area contributed by atoms with E-state index in [1.54, 1.807) is 0 Å². The molecule has 1 N–H and O–H groups in total. The molecule has 0 aliphatic carbocycles. The second kappa shape index (κ2) is 7.64. The Morgan fingerprint density at radius 3 is 2.27 bits per heavy atom. The van der Waals surface area contributed by atoms with E-state index >= 15 is 0 Å². The van der Waals surface area contributed by atoms with Gasteiger partial charge in [-0.25, -0.2) is 0 Å². The Kier molecular flexibility index (Phi) is 5.59. The number of hydrogen-bond donors (Lipinski definition) is 1. The number of carbonyl (C=O) groups is 1. The fourth-order valence-electron chi connectivity index (χ4n) is 2.44. The van der Waals surface area contributed by atoms with Gasteiger partial charge in [0.2, 0.25) is 0 Å². The van der Waals surface area contributed by atoms with Crippen molar-refractivity contribution >= 4 is 5.97 Å². The normalized spacial score (nSPS) is 10.5. The first-order valence-electron chi connectivity index (χ1n) is 7.55. The van der Waals surface area contributed by atoms with Gasteiger partial charge in [0.15, 0.2) is 0 Å². The van der Waals surface area contributed by atoms with Crippen LogP contribution in [0.4, 0.5) is 0 Å². The molecule has 0 amide bonds. The summed E-state index contributed by atoms with van der Waals surface area (Å²) in [6.07, 6.45) is 1.73. The fourth-order valence-corrected chi connectivity index (χ4v) is 2.44. The summed E-state index contributed by atoms with van der Waals surface area (Å²) in [6.45, 7) is 4.14. The number of benzene rings is 2. The minimum Gasteiger partial charge on any atom is -0.507 e. The highest BCUT2D eigenvalue weighted by atomic mass is 16.5. The summed E-state index contributed by atoms with van der Waals surface area (Å²) in [7, 11) is 0. The van der Waals surface area contributed by atoms with Gasteiger partial charge in [-0.3, -0.25) is 4.79 Å². The molecule has 0 saturated carbocycles. The van der Waals surface area contributed by atoms with Crippen LogP contribution in [-0.4, -0.2) is 17.7 Å². The number of rotatable bonds is 6. The van der Waals surface area contributed by atoms with E-state index in [4.69, 9.17) is 4.74 Å². The van der Waals surface area contributed by atoms with Crippen molar-refractivity contribution in [1.29, 1.82) is 0 Å². The third-order valence-corrected chi connectivity index (χ3v) is 3.67. The van der Waals surface area contributed by atoms with E-state index in [9.17, 15) is 9.90 Å². The Labute approximate surface area is 131 Å². The molecule has 0 radical (unpaired) electrons. The van der Waals surface area contributed by atoms with E-state index in [0.29, 0.717) is 25.2 Å². The van der Waals surface area contributed by atoms with Crippen LogP contribution in [0.2, 0.25) is 0 Å². The van der Waals surface area contributed by atoms with E-state index in [-0.39, 0.29) is 5.97 Å². The number of hydrogen-bond acceptors (Lipinski definition) is 3. The molecular formula is C19H22O3. The van der Waals surface area contributed by atoms with Gasteiger partial charge in [0.1, 0.15) is 5.75 Å². The zero-order valence-electron chi connectivity index (χ0n) is 13.1. The lowest BCUT2D eigenvalue weighted by molar-refractivity contribution is -0.143. The summed E-state index contributed by atoms with van der Waals surface area (Å²) in [5.74, 6) is 0.147.